The Morgan fingerprint density at radius 1 is 1.33 bits per heavy atom. The van der Waals surface area contributed by atoms with Crippen LogP contribution in [0.5, 0.6) is 0 Å². The number of hydrogen-bond donors (Lipinski definition) is 1. The summed E-state index contributed by atoms with van der Waals surface area (Å²) in [4.78, 5) is 2.33. The van der Waals surface area contributed by atoms with Crippen LogP contribution in [0.4, 0.5) is 11.4 Å². The first kappa shape index (κ1) is 10.8. The molecule has 0 saturated heterocycles. The Bertz CT molecular complexity index is 345. The molecule has 0 aromatic heterocycles. The zero-order chi connectivity index (χ0) is 10.8. The van der Waals surface area contributed by atoms with Crippen molar-refractivity contribution in [3.63, 3.8) is 0 Å². The fraction of sp³-hybridized carbons (Fsp3) is 0.500. The average Bonchev–Trinajstić information content (AvgIpc) is 2.69. The number of halogens is 1. The molecule has 0 unspecified atom stereocenters. The van der Waals surface area contributed by atoms with Crippen molar-refractivity contribution in [2.45, 2.75) is 31.7 Å². The highest BCUT2D eigenvalue weighted by atomic mass is 79.9. The van der Waals surface area contributed by atoms with Gasteiger partial charge < -0.3 is 10.6 Å². The van der Waals surface area contributed by atoms with Gasteiger partial charge in [-0.3, -0.25) is 0 Å². The molecule has 2 rings (SSSR count). The number of hydrogen-bond acceptors (Lipinski definition) is 2. The minimum atomic E-state index is 0.675. The van der Waals surface area contributed by atoms with Crippen LogP contribution in [0, 0.1) is 0 Å². The van der Waals surface area contributed by atoms with Gasteiger partial charge in [-0.15, -0.1) is 0 Å². The van der Waals surface area contributed by atoms with Crippen LogP contribution >= 0.6 is 15.9 Å². The van der Waals surface area contributed by atoms with E-state index in [2.05, 4.69) is 40.0 Å². The molecule has 1 aliphatic rings. The number of anilines is 2. The lowest BCUT2D eigenvalue weighted by atomic mass is 10.2. The minimum absolute atomic E-state index is 0.675. The van der Waals surface area contributed by atoms with Crippen LogP contribution in [-0.2, 0) is 0 Å². The molecule has 0 spiro atoms. The Morgan fingerprint density at radius 2 is 2.00 bits per heavy atom. The normalized spacial score (nSPS) is 16.9. The second-order valence-corrected chi connectivity index (χ2v) is 5.17. The molecule has 3 heteroatoms. The largest absolute Gasteiger partial charge is 0.397 e. The third kappa shape index (κ3) is 2.28. The zero-order valence-electron chi connectivity index (χ0n) is 9.04. The first-order valence-electron chi connectivity index (χ1n) is 5.46. The lowest BCUT2D eigenvalue weighted by molar-refractivity contribution is 0.654. The van der Waals surface area contributed by atoms with E-state index in [4.69, 9.17) is 5.73 Å². The maximum absolute atomic E-state index is 6.02. The SMILES string of the molecule is CN(c1ccc(Br)cc1N)C1CCCC1. The van der Waals surface area contributed by atoms with Crippen molar-refractivity contribution in [3.05, 3.63) is 22.7 Å². The highest BCUT2D eigenvalue weighted by Gasteiger charge is 2.20. The van der Waals surface area contributed by atoms with E-state index in [1.807, 2.05) is 6.07 Å². The summed E-state index contributed by atoms with van der Waals surface area (Å²) in [6, 6.07) is 6.80. The molecule has 0 atom stereocenters. The third-order valence-electron chi connectivity index (χ3n) is 3.24. The molecule has 2 N–H and O–H groups in total. The van der Waals surface area contributed by atoms with Crippen molar-refractivity contribution in [1.29, 1.82) is 0 Å². The summed E-state index contributed by atoms with van der Waals surface area (Å²) in [7, 11) is 2.15. The van der Waals surface area contributed by atoms with E-state index in [0.717, 1.165) is 15.8 Å². The summed E-state index contributed by atoms with van der Waals surface area (Å²) in [6.07, 6.45) is 5.30. The second kappa shape index (κ2) is 4.44. The summed E-state index contributed by atoms with van der Waals surface area (Å²) in [5.41, 5.74) is 8.04. The molecule has 1 aromatic carbocycles. The van der Waals surface area contributed by atoms with Gasteiger partial charge in [0.1, 0.15) is 0 Å². The van der Waals surface area contributed by atoms with Crippen LogP contribution in [0.3, 0.4) is 0 Å². The third-order valence-corrected chi connectivity index (χ3v) is 3.74. The topological polar surface area (TPSA) is 29.3 Å². The van der Waals surface area contributed by atoms with Gasteiger partial charge in [0.15, 0.2) is 0 Å². The van der Waals surface area contributed by atoms with Crippen molar-refractivity contribution < 1.29 is 0 Å². The quantitative estimate of drug-likeness (QED) is 0.834. The highest BCUT2D eigenvalue weighted by molar-refractivity contribution is 9.10. The minimum Gasteiger partial charge on any atom is -0.397 e. The van der Waals surface area contributed by atoms with Gasteiger partial charge in [0.05, 0.1) is 11.4 Å². The van der Waals surface area contributed by atoms with Crippen LogP contribution in [0.1, 0.15) is 25.7 Å². The average molecular weight is 269 g/mol. The molecule has 82 valence electrons. The second-order valence-electron chi connectivity index (χ2n) is 4.25. The number of nitrogens with two attached hydrogens (primary N) is 1. The monoisotopic (exact) mass is 268 g/mol. The summed E-state index contributed by atoms with van der Waals surface area (Å²) in [6.45, 7) is 0. The van der Waals surface area contributed by atoms with Crippen molar-refractivity contribution >= 4 is 27.3 Å². The van der Waals surface area contributed by atoms with Crippen LogP contribution in [0.15, 0.2) is 22.7 Å². The van der Waals surface area contributed by atoms with E-state index in [-0.39, 0.29) is 0 Å². The Morgan fingerprint density at radius 3 is 2.60 bits per heavy atom. The van der Waals surface area contributed by atoms with E-state index in [9.17, 15) is 0 Å². The predicted octanol–water partition coefficient (Wildman–Crippen LogP) is 3.41. The van der Waals surface area contributed by atoms with Crippen molar-refractivity contribution in [3.8, 4) is 0 Å². The van der Waals surface area contributed by atoms with Crippen LogP contribution in [0.2, 0.25) is 0 Å². The number of nitrogens with zero attached hydrogens (tertiary/aromatic N) is 1. The van der Waals surface area contributed by atoms with E-state index in [0.29, 0.717) is 6.04 Å². The fourth-order valence-corrected chi connectivity index (χ4v) is 2.71. The maximum atomic E-state index is 6.02. The molecule has 0 heterocycles. The van der Waals surface area contributed by atoms with Gasteiger partial charge in [-0.25, -0.2) is 0 Å². The molecular formula is C12H17BrN2. The Labute approximate surface area is 99.6 Å². The maximum Gasteiger partial charge on any atom is 0.0600 e. The number of nitrogen functional groups attached to an aromatic ring is 1. The molecule has 2 nitrogen and oxygen atoms in total. The summed E-state index contributed by atoms with van der Waals surface area (Å²) < 4.78 is 1.04. The van der Waals surface area contributed by atoms with Gasteiger partial charge in [0.2, 0.25) is 0 Å². The number of rotatable bonds is 2. The lowest BCUT2D eigenvalue weighted by Crippen LogP contribution is -2.29. The van der Waals surface area contributed by atoms with Gasteiger partial charge in [-0.2, -0.15) is 0 Å². The molecule has 0 bridgehead atoms. The standard InChI is InChI=1S/C12H17BrN2/c1-15(10-4-2-3-5-10)12-7-6-9(13)8-11(12)14/h6-8,10H,2-5,14H2,1H3. The zero-order valence-corrected chi connectivity index (χ0v) is 10.6. The molecule has 1 aliphatic carbocycles. The highest BCUT2D eigenvalue weighted by Crippen LogP contribution is 2.31. The molecule has 0 radical (unpaired) electrons. The van der Waals surface area contributed by atoms with Gasteiger partial charge in [0.25, 0.3) is 0 Å². The first-order valence-corrected chi connectivity index (χ1v) is 6.25. The molecule has 0 aliphatic heterocycles. The van der Waals surface area contributed by atoms with Gasteiger partial charge in [-0.1, -0.05) is 28.8 Å². The van der Waals surface area contributed by atoms with E-state index in [1.165, 1.54) is 25.7 Å². The fourth-order valence-electron chi connectivity index (χ4n) is 2.33. The van der Waals surface area contributed by atoms with Gasteiger partial charge >= 0.3 is 0 Å². The summed E-state index contributed by atoms with van der Waals surface area (Å²) in [5.74, 6) is 0. The van der Waals surface area contributed by atoms with Crippen LogP contribution < -0.4 is 10.6 Å². The lowest BCUT2D eigenvalue weighted by Gasteiger charge is -2.27. The molecule has 0 amide bonds. The number of benzene rings is 1. The summed E-state index contributed by atoms with van der Waals surface area (Å²) >= 11 is 3.43. The van der Waals surface area contributed by atoms with Crippen molar-refractivity contribution in [2.75, 3.05) is 17.7 Å². The Balaban J connectivity index is 2.20. The van der Waals surface area contributed by atoms with Gasteiger partial charge in [-0.05, 0) is 31.0 Å². The van der Waals surface area contributed by atoms with E-state index in [1.54, 1.807) is 0 Å². The predicted molar refractivity (Wildman–Crippen MR) is 69.2 cm³/mol. The molecule has 1 aromatic rings. The van der Waals surface area contributed by atoms with E-state index >= 15 is 0 Å². The first-order chi connectivity index (χ1) is 7.18. The van der Waals surface area contributed by atoms with Gasteiger partial charge in [0, 0.05) is 17.6 Å². The molecule has 15 heavy (non-hydrogen) atoms. The molecule has 1 saturated carbocycles. The van der Waals surface area contributed by atoms with Crippen LogP contribution in [-0.4, -0.2) is 13.1 Å². The Kier molecular flexibility index (Phi) is 3.19. The smallest absolute Gasteiger partial charge is 0.0600 e. The van der Waals surface area contributed by atoms with Crippen LogP contribution in [0.25, 0.3) is 0 Å². The molecular weight excluding hydrogens is 252 g/mol. The molecule has 1 fully saturated rings. The van der Waals surface area contributed by atoms with Crippen molar-refractivity contribution in [2.24, 2.45) is 0 Å². The van der Waals surface area contributed by atoms with Crippen molar-refractivity contribution in [1.82, 2.24) is 0 Å². The Hall–Kier alpha value is -0.700. The summed E-state index contributed by atoms with van der Waals surface area (Å²) in [5, 5.41) is 0. The van der Waals surface area contributed by atoms with E-state index < -0.39 is 0 Å².